The molecule has 0 atom stereocenters. The molecule has 3 aromatic rings. The highest BCUT2D eigenvalue weighted by atomic mass is 16.5. The fourth-order valence-corrected chi connectivity index (χ4v) is 2.52. The van der Waals surface area contributed by atoms with Gasteiger partial charge in [0.25, 0.3) is 11.8 Å². The van der Waals surface area contributed by atoms with Gasteiger partial charge in [0.2, 0.25) is 0 Å². The molecule has 3 heterocycles. The van der Waals surface area contributed by atoms with Gasteiger partial charge < -0.3 is 19.2 Å². The molecule has 0 unspecified atom stereocenters. The van der Waals surface area contributed by atoms with Crippen LogP contribution >= 0.6 is 0 Å². The lowest BCUT2D eigenvalue weighted by Crippen LogP contribution is -2.24. The Morgan fingerprint density at radius 1 is 1.33 bits per heavy atom. The SMILES string of the molecule is CC(=O)c1[nH]c(C)c(C(=O)NCc2noc(-c3ccco3)n2)c1C. The van der Waals surface area contributed by atoms with Crippen LogP contribution in [0.15, 0.2) is 27.3 Å². The van der Waals surface area contributed by atoms with E-state index in [4.69, 9.17) is 8.94 Å². The van der Waals surface area contributed by atoms with Gasteiger partial charge in [-0.3, -0.25) is 9.59 Å². The number of aromatic nitrogens is 3. The number of Topliss-reactive ketones (excluding diaryl/α,β-unsaturated/α-hetero) is 1. The second-order valence-corrected chi connectivity index (χ2v) is 5.36. The molecule has 0 aliphatic heterocycles. The molecular formula is C16H16N4O4. The summed E-state index contributed by atoms with van der Waals surface area (Å²) in [7, 11) is 0. The van der Waals surface area contributed by atoms with Crippen molar-refractivity contribution in [1.29, 1.82) is 0 Å². The summed E-state index contributed by atoms with van der Waals surface area (Å²) in [6, 6.07) is 3.41. The molecule has 0 bridgehead atoms. The zero-order chi connectivity index (χ0) is 17.3. The maximum Gasteiger partial charge on any atom is 0.293 e. The predicted molar refractivity (Wildman–Crippen MR) is 83.4 cm³/mol. The number of amides is 1. The first-order chi connectivity index (χ1) is 11.5. The Hall–Kier alpha value is -3.16. The topological polar surface area (TPSA) is 114 Å². The average molecular weight is 328 g/mol. The third-order valence-corrected chi connectivity index (χ3v) is 3.62. The number of hydrogen-bond donors (Lipinski definition) is 2. The van der Waals surface area contributed by atoms with E-state index in [1.807, 2.05) is 0 Å². The van der Waals surface area contributed by atoms with E-state index < -0.39 is 0 Å². The first kappa shape index (κ1) is 15.7. The number of aryl methyl sites for hydroxylation is 1. The van der Waals surface area contributed by atoms with Crippen LogP contribution < -0.4 is 5.32 Å². The number of carbonyl (C=O) groups excluding carboxylic acids is 2. The van der Waals surface area contributed by atoms with Gasteiger partial charge in [-0.25, -0.2) is 0 Å². The minimum absolute atomic E-state index is 0.0997. The molecule has 3 rings (SSSR count). The summed E-state index contributed by atoms with van der Waals surface area (Å²) in [4.78, 5) is 31.0. The molecule has 0 saturated heterocycles. The van der Waals surface area contributed by atoms with Gasteiger partial charge in [0.15, 0.2) is 17.4 Å². The molecule has 3 aromatic heterocycles. The van der Waals surface area contributed by atoms with Gasteiger partial charge >= 0.3 is 0 Å². The Balaban J connectivity index is 1.71. The summed E-state index contributed by atoms with van der Waals surface area (Å²) < 4.78 is 10.2. The molecule has 0 spiro atoms. The first-order valence-corrected chi connectivity index (χ1v) is 7.32. The number of carbonyl (C=O) groups is 2. The maximum atomic E-state index is 12.4. The Bertz CT molecular complexity index is 889. The molecule has 124 valence electrons. The van der Waals surface area contributed by atoms with Gasteiger partial charge in [0.1, 0.15) is 0 Å². The first-order valence-electron chi connectivity index (χ1n) is 7.32. The Kier molecular flexibility index (Phi) is 4.03. The van der Waals surface area contributed by atoms with E-state index in [2.05, 4.69) is 20.4 Å². The van der Waals surface area contributed by atoms with Gasteiger partial charge in [-0.05, 0) is 31.5 Å². The Morgan fingerprint density at radius 2 is 2.12 bits per heavy atom. The van der Waals surface area contributed by atoms with E-state index in [1.165, 1.54) is 13.2 Å². The summed E-state index contributed by atoms with van der Waals surface area (Å²) in [6.07, 6.45) is 1.51. The number of furan rings is 1. The summed E-state index contributed by atoms with van der Waals surface area (Å²) in [5, 5.41) is 6.52. The van der Waals surface area contributed by atoms with Crippen LogP contribution in [0.5, 0.6) is 0 Å². The lowest BCUT2D eigenvalue weighted by Gasteiger charge is -2.03. The van der Waals surface area contributed by atoms with Crippen LogP contribution in [-0.4, -0.2) is 26.8 Å². The third-order valence-electron chi connectivity index (χ3n) is 3.62. The number of H-pyrrole nitrogens is 1. The number of nitrogens with zero attached hydrogens (tertiary/aromatic N) is 2. The van der Waals surface area contributed by atoms with E-state index in [-0.39, 0.29) is 24.1 Å². The van der Waals surface area contributed by atoms with Gasteiger partial charge in [0.05, 0.1) is 24.1 Å². The highest BCUT2D eigenvalue weighted by Gasteiger charge is 2.20. The summed E-state index contributed by atoms with van der Waals surface area (Å²) in [6.45, 7) is 5.04. The molecule has 8 nitrogen and oxygen atoms in total. The molecule has 2 N–H and O–H groups in total. The molecule has 0 fully saturated rings. The minimum atomic E-state index is -0.307. The molecule has 8 heteroatoms. The molecule has 24 heavy (non-hydrogen) atoms. The largest absolute Gasteiger partial charge is 0.459 e. The van der Waals surface area contributed by atoms with Gasteiger partial charge in [0, 0.05) is 12.6 Å². The Morgan fingerprint density at radius 3 is 2.75 bits per heavy atom. The second-order valence-electron chi connectivity index (χ2n) is 5.36. The second kappa shape index (κ2) is 6.15. The number of rotatable bonds is 5. The molecular weight excluding hydrogens is 312 g/mol. The van der Waals surface area contributed by atoms with E-state index in [9.17, 15) is 9.59 Å². The van der Waals surface area contributed by atoms with Gasteiger partial charge in [-0.15, -0.1) is 0 Å². The van der Waals surface area contributed by atoms with E-state index in [0.29, 0.717) is 34.1 Å². The van der Waals surface area contributed by atoms with Gasteiger partial charge in [-0.2, -0.15) is 4.98 Å². The lowest BCUT2D eigenvalue weighted by atomic mass is 10.1. The number of nitrogens with one attached hydrogen (secondary N) is 2. The van der Waals surface area contributed by atoms with Crippen molar-refractivity contribution >= 4 is 11.7 Å². The van der Waals surface area contributed by atoms with Gasteiger partial charge in [-0.1, -0.05) is 5.16 Å². The summed E-state index contributed by atoms with van der Waals surface area (Å²) in [5.74, 6) is 0.613. The molecule has 0 saturated carbocycles. The van der Waals surface area contributed by atoms with Crippen molar-refractivity contribution in [3.8, 4) is 11.7 Å². The number of hydrogen-bond acceptors (Lipinski definition) is 6. The normalized spacial score (nSPS) is 10.8. The number of ketones is 1. The van der Waals surface area contributed by atoms with Crippen molar-refractivity contribution in [3.63, 3.8) is 0 Å². The van der Waals surface area contributed by atoms with Crippen molar-refractivity contribution in [2.24, 2.45) is 0 Å². The Labute approximate surface area is 137 Å². The van der Waals surface area contributed by atoms with Crippen LogP contribution in [0.25, 0.3) is 11.7 Å². The van der Waals surface area contributed by atoms with Crippen LogP contribution in [0.3, 0.4) is 0 Å². The monoisotopic (exact) mass is 328 g/mol. The standard InChI is InChI=1S/C16H16N4O4/c1-8-13(9(2)18-14(8)10(3)21)15(22)17-7-12-19-16(24-20-12)11-5-4-6-23-11/h4-6,18H,7H2,1-3H3,(H,17,22). The zero-order valence-corrected chi connectivity index (χ0v) is 13.5. The third kappa shape index (κ3) is 2.85. The molecule has 0 aromatic carbocycles. The van der Waals surface area contributed by atoms with Crippen LogP contribution in [0, 0.1) is 13.8 Å². The van der Waals surface area contributed by atoms with Crippen molar-refractivity contribution in [2.45, 2.75) is 27.3 Å². The predicted octanol–water partition coefficient (Wildman–Crippen LogP) is 2.41. The quantitative estimate of drug-likeness (QED) is 0.695. The van der Waals surface area contributed by atoms with Crippen LogP contribution in [0.1, 0.15) is 44.9 Å². The highest BCUT2D eigenvalue weighted by molar-refractivity contribution is 6.02. The lowest BCUT2D eigenvalue weighted by molar-refractivity contribution is 0.0948. The van der Waals surface area contributed by atoms with Crippen LogP contribution in [0.4, 0.5) is 0 Å². The van der Waals surface area contributed by atoms with Crippen molar-refractivity contribution in [3.05, 3.63) is 46.7 Å². The summed E-state index contributed by atoms with van der Waals surface area (Å²) >= 11 is 0. The van der Waals surface area contributed by atoms with Crippen molar-refractivity contribution in [1.82, 2.24) is 20.4 Å². The molecule has 1 amide bonds. The van der Waals surface area contributed by atoms with Crippen LogP contribution in [0.2, 0.25) is 0 Å². The smallest absolute Gasteiger partial charge is 0.293 e. The maximum absolute atomic E-state index is 12.4. The average Bonchev–Trinajstić information content (AvgIpc) is 3.24. The van der Waals surface area contributed by atoms with Crippen molar-refractivity contribution in [2.75, 3.05) is 0 Å². The highest BCUT2D eigenvalue weighted by Crippen LogP contribution is 2.19. The van der Waals surface area contributed by atoms with E-state index in [0.717, 1.165) is 0 Å². The van der Waals surface area contributed by atoms with E-state index in [1.54, 1.807) is 26.0 Å². The fraction of sp³-hybridized carbons (Fsp3) is 0.250. The molecule has 0 aliphatic rings. The molecule has 0 radical (unpaired) electrons. The summed E-state index contributed by atoms with van der Waals surface area (Å²) in [5.41, 5.74) is 2.16. The van der Waals surface area contributed by atoms with Crippen LogP contribution in [-0.2, 0) is 6.54 Å². The van der Waals surface area contributed by atoms with E-state index >= 15 is 0 Å². The number of aromatic amines is 1. The minimum Gasteiger partial charge on any atom is -0.459 e. The fourth-order valence-electron chi connectivity index (χ4n) is 2.52. The van der Waals surface area contributed by atoms with Crippen molar-refractivity contribution < 1.29 is 18.5 Å². The molecule has 0 aliphatic carbocycles. The zero-order valence-electron chi connectivity index (χ0n) is 13.5.